The summed E-state index contributed by atoms with van der Waals surface area (Å²) in [5, 5.41) is 21.3. The van der Waals surface area contributed by atoms with Gasteiger partial charge in [0.05, 0.1) is 0 Å². The lowest BCUT2D eigenvalue weighted by Gasteiger charge is -2.19. The molecule has 0 aliphatic carbocycles. The Morgan fingerprint density at radius 3 is 3.06 bits per heavy atom. The van der Waals surface area contributed by atoms with Crippen LogP contribution in [0.1, 0.15) is 0 Å². The number of fused-ring (bicyclic) bond motifs is 3. The zero-order valence-corrected chi connectivity index (χ0v) is 8.92. The maximum absolute atomic E-state index is 11.6. The van der Waals surface area contributed by atoms with E-state index in [0.717, 1.165) is 23.3 Å². The third-order valence-electron chi connectivity index (χ3n) is 2.49. The van der Waals surface area contributed by atoms with Crippen molar-refractivity contribution in [1.82, 2.24) is 0 Å². The second-order valence-electron chi connectivity index (χ2n) is 3.40. The van der Waals surface area contributed by atoms with Gasteiger partial charge in [-0.1, -0.05) is 12.1 Å². The van der Waals surface area contributed by atoms with Crippen LogP contribution in [0, 0.1) is 0 Å². The average molecular weight is 236 g/mol. The van der Waals surface area contributed by atoms with Crippen molar-refractivity contribution in [3.63, 3.8) is 0 Å². The zero-order valence-electron chi connectivity index (χ0n) is 8.11. The smallest absolute Gasteiger partial charge is 0.261 e. The van der Waals surface area contributed by atoms with Gasteiger partial charge in [0.25, 0.3) is 11.7 Å². The number of nitrogens with two attached hydrogens (primary N) is 1. The van der Waals surface area contributed by atoms with E-state index >= 15 is 0 Å². The van der Waals surface area contributed by atoms with Gasteiger partial charge in [0.1, 0.15) is 12.0 Å². The first-order chi connectivity index (χ1) is 7.81. The summed E-state index contributed by atoms with van der Waals surface area (Å²) >= 11 is 0.958. The molecule has 2 aliphatic heterocycles. The Hall–Kier alpha value is -1.44. The summed E-state index contributed by atoms with van der Waals surface area (Å²) in [5.74, 6) is 0. The fraction of sp³-hybridized carbons (Fsp3) is 0.222. The van der Waals surface area contributed by atoms with Crippen molar-refractivity contribution in [3.05, 3.63) is 24.3 Å². The number of nitrogens with zero attached hydrogens (tertiary/aromatic N) is 3. The monoisotopic (exact) mass is 236 g/mol. The van der Waals surface area contributed by atoms with E-state index < -0.39 is 12.3 Å². The third kappa shape index (κ3) is 1.26. The quantitative estimate of drug-likeness (QED) is 0.523. The number of para-hydroxylation sites is 2. The fourth-order valence-corrected chi connectivity index (χ4v) is 2.27. The van der Waals surface area contributed by atoms with E-state index in [1.54, 1.807) is 0 Å². The van der Waals surface area contributed by atoms with Gasteiger partial charge in [-0.3, -0.25) is 5.14 Å². The molecule has 2 heterocycles. The van der Waals surface area contributed by atoms with Crippen molar-refractivity contribution in [1.29, 1.82) is 0 Å². The van der Waals surface area contributed by atoms with E-state index in [0.29, 0.717) is 5.04 Å². The maximum atomic E-state index is 11.6. The lowest BCUT2D eigenvalue weighted by molar-refractivity contribution is -0.557. The highest BCUT2D eigenvalue weighted by molar-refractivity contribution is 8.12. The van der Waals surface area contributed by atoms with E-state index in [9.17, 15) is 5.11 Å². The molecule has 0 aromatic heterocycles. The van der Waals surface area contributed by atoms with E-state index in [1.807, 2.05) is 24.3 Å². The van der Waals surface area contributed by atoms with Crippen molar-refractivity contribution in [3.8, 4) is 0 Å². The van der Waals surface area contributed by atoms with Crippen LogP contribution in [0.5, 0.6) is 0 Å². The highest BCUT2D eigenvalue weighted by atomic mass is 32.2. The van der Waals surface area contributed by atoms with Gasteiger partial charge in [0.15, 0.2) is 10.3 Å². The highest BCUT2D eigenvalue weighted by Gasteiger charge is 2.44. The van der Waals surface area contributed by atoms with Crippen LogP contribution in [0.2, 0.25) is 0 Å². The minimum atomic E-state index is -1.27. The highest BCUT2D eigenvalue weighted by Crippen LogP contribution is 2.37. The van der Waals surface area contributed by atoms with E-state index in [4.69, 9.17) is 9.98 Å². The Labute approximate surface area is 95.5 Å². The summed E-state index contributed by atoms with van der Waals surface area (Å²) in [6.45, 7) is 0. The van der Waals surface area contributed by atoms with Crippen molar-refractivity contribution in [2.45, 2.75) is 12.3 Å². The minimum absolute atomic E-state index is 0.528. The van der Waals surface area contributed by atoms with Crippen molar-refractivity contribution in [2.75, 3.05) is 0 Å². The molecule has 0 spiro atoms. The number of rotatable bonds is 0. The molecule has 7 heteroatoms. The molecule has 0 saturated heterocycles. The Morgan fingerprint density at radius 1 is 1.44 bits per heavy atom. The largest absolute Gasteiger partial charge is 0.814 e. The molecule has 0 amide bonds. The first-order valence-corrected chi connectivity index (χ1v) is 5.55. The lowest BCUT2D eigenvalue weighted by Crippen LogP contribution is -2.45. The molecule has 0 radical (unpaired) electrons. The molecule has 2 atom stereocenters. The molecule has 0 saturated carbocycles. The van der Waals surface area contributed by atoms with Crippen molar-refractivity contribution >= 4 is 28.4 Å². The summed E-state index contributed by atoms with van der Waals surface area (Å²) in [7, 11) is 0. The third-order valence-corrected chi connectivity index (χ3v) is 3.07. The summed E-state index contributed by atoms with van der Waals surface area (Å²) in [5.41, 5.74) is 1.51. The number of aliphatic imine (C=N–C) groups is 1. The zero-order chi connectivity index (χ0) is 11.1. The summed E-state index contributed by atoms with van der Waals surface area (Å²) in [6.07, 6.45) is -1.27. The minimum Gasteiger partial charge on any atom is -0.814 e. The molecule has 0 fully saturated rings. The number of hydrogen-bond donors (Lipinski definition) is 1. The second kappa shape index (κ2) is 3.55. The Balaban J connectivity index is 2.19. The van der Waals surface area contributed by atoms with E-state index in [2.05, 4.69) is 10.3 Å². The summed E-state index contributed by atoms with van der Waals surface area (Å²) in [6, 6.07) is 6.86. The average Bonchev–Trinajstić information content (AvgIpc) is 2.71. The molecule has 0 bridgehead atoms. The molecule has 6 nitrogen and oxygen atoms in total. The van der Waals surface area contributed by atoms with Crippen LogP contribution in [-0.2, 0) is 4.84 Å². The van der Waals surface area contributed by atoms with Crippen LogP contribution in [0.25, 0.3) is 0 Å². The topological polar surface area (TPSA) is 86.0 Å². The molecule has 3 rings (SSSR count). The van der Waals surface area contributed by atoms with Gasteiger partial charge in [-0.15, -0.1) is 0 Å². The summed E-state index contributed by atoms with van der Waals surface area (Å²) < 4.78 is 1.54. The van der Waals surface area contributed by atoms with Gasteiger partial charge < -0.3 is 9.94 Å². The Bertz CT molecular complexity index is 502. The van der Waals surface area contributed by atoms with E-state index in [1.165, 1.54) is 4.70 Å². The van der Waals surface area contributed by atoms with Gasteiger partial charge in [-0.25, -0.2) is 4.99 Å². The fourth-order valence-electron chi connectivity index (χ4n) is 1.77. The molecular weight excluding hydrogens is 228 g/mol. The van der Waals surface area contributed by atoms with Crippen molar-refractivity contribution in [2.24, 2.45) is 15.4 Å². The van der Waals surface area contributed by atoms with Gasteiger partial charge in [0.2, 0.25) is 0 Å². The summed E-state index contributed by atoms with van der Waals surface area (Å²) in [4.78, 5) is 9.06. The Morgan fingerprint density at radius 2 is 2.25 bits per heavy atom. The van der Waals surface area contributed by atoms with E-state index in [-0.39, 0.29) is 0 Å². The van der Waals surface area contributed by atoms with Crippen molar-refractivity contribution < 1.29 is 14.6 Å². The van der Waals surface area contributed by atoms with Crippen LogP contribution in [0.4, 0.5) is 11.4 Å². The predicted octanol–water partition coefficient (Wildman–Crippen LogP) is 0.433. The van der Waals surface area contributed by atoms with Gasteiger partial charge in [-0.2, -0.15) is 0 Å². The van der Waals surface area contributed by atoms with Gasteiger partial charge in [-0.05, 0) is 22.7 Å². The van der Waals surface area contributed by atoms with Crippen LogP contribution in [0.15, 0.2) is 34.5 Å². The van der Waals surface area contributed by atoms with Crippen LogP contribution in [-0.4, -0.2) is 22.1 Å². The predicted molar refractivity (Wildman–Crippen MR) is 56.3 cm³/mol. The molecule has 82 valence electrons. The lowest BCUT2D eigenvalue weighted by atomic mass is 10.2. The van der Waals surface area contributed by atoms with Gasteiger partial charge >= 0.3 is 0 Å². The Kier molecular flexibility index (Phi) is 2.16. The van der Waals surface area contributed by atoms with Gasteiger partial charge in [0, 0.05) is 6.07 Å². The first-order valence-electron chi connectivity index (χ1n) is 4.67. The normalized spacial score (nSPS) is 26.4. The molecular formula is C9H8N4O2S. The van der Waals surface area contributed by atoms with Crippen LogP contribution in [0.3, 0.4) is 0 Å². The molecule has 2 aliphatic rings. The standard InChI is InChI=1S/C9H8N4O2S/c10-16-8-7-9(14)15-12-13(7)6-4-2-1-3-5(6)11-8/h1-4,7,9H,10H2. The molecule has 2 unspecified atom stereocenters. The molecule has 1 aromatic carbocycles. The van der Waals surface area contributed by atoms with Crippen LogP contribution < -0.4 is 10.2 Å². The SMILES string of the molecule is NSC1=Nc2ccccc2[N+]2=NOC([O-])C12. The molecule has 2 N–H and O–H groups in total. The second-order valence-corrected chi connectivity index (χ2v) is 4.06. The molecule has 1 aromatic rings. The number of benzene rings is 1. The maximum Gasteiger partial charge on any atom is 0.261 e. The molecule has 16 heavy (non-hydrogen) atoms. The number of hydrogen-bond acceptors (Lipinski definition) is 6. The first kappa shape index (κ1) is 9.76. The van der Waals surface area contributed by atoms with Crippen LogP contribution >= 0.6 is 11.9 Å².